The Labute approximate surface area is 187 Å². The average Bonchev–Trinajstić information content (AvgIpc) is 3.21. The van der Waals surface area contributed by atoms with Crippen molar-refractivity contribution in [3.8, 4) is 0 Å². The second-order valence-corrected chi connectivity index (χ2v) is 8.29. The monoisotopic (exact) mass is 439 g/mol. The summed E-state index contributed by atoms with van der Waals surface area (Å²) in [5.41, 5.74) is 3.17. The molecule has 0 radical (unpaired) electrons. The molecule has 170 valence electrons. The molecule has 1 saturated heterocycles. The molecule has 1 aromatic carbocycles. The summed E-state index contributed by atoms with van der Waals surface area (Å²) in [6.45, 7) is 1.62. The lowest BCUT2D eigenvalue weighted by molar-refractivity contribution is 0.0913. The first-order valence-electron chi connectivity index (χ1n) is 10.8. The van der Waals surface area contributed by atoms with Gasteiger partial charge in [0.05, 0.1) is 19.3 Å². The van der Waals surface area contributed by atoms with Gasteiger partial charge in [0.1, 0.15) is 5.82 Å². The van der Waals surface area contributed by atoms with Crippen molar-refractivity contribution >= 4 is 17.8 Å². The number of aliphatic hydroxyl groups excluding tert-OH is 1. The average molecular weight is 440 g/mol. The van der Waals surface area contributed by atoms with E-state index in [2.05, 4.69) is 49.9 Å². The maximum absolute atomic E-state index is 12.5. The number of hydrogen-bond donors (Lipinski definition) is 4. The highest BCUT2D eigenvalue weighted by Gasteiger charge is 2.31. The van der Waals surface area contributed by atoms with Crippen LogP contribution in [0.1, 0.15) is 21.5 Å². The van der Waals surface area contributed by atoms with E-state index in [1.54, 1.807) is 23.2 Å². The Morgan fingerprint density at radius 1 is 1.16 bits per heavy atom. The number of pyridine rings is 1. The number of carbonyl (C=O) groups excluding carboxylic acids is 2. The van der Waals surface area contributed by atoms with Crippen LogP contribution in [0.15, 0.2) is 42.6 Å². The van der Waals surface area contributed by atoms with Crippen molar-refractivity contribution in [2.45, 2.75) is 31.0 Å². The smallest absolute Gasteiger partial charge is 0.409 e. The third kappa shape index (κ3) is 5.35. The molecule has 1 atom stereocenters. The highest BCUT2D eigenvalue weighted by atomic mass is 16.5. The van der Waals surface area contributed by atoms with E-state index in [-0.39, 0.29) is 24.6 Å². The number of benzene rings is 1. The van der Waals surface area contributed by atoms with Crippen LogP contribution in [0, 0.1) is 0 Å². The van der Waals surface area contributed by atoms with Crippen molar-refractivity contribution in [3.05, 3.63) is 59.3 Å². The number of anilines is 1. The van der Waals surface area contributed by atoms with Crippen LogP contribution in [-0.2, 0) is 17.6 Å². The van der Waals surface area contributed by atoms with Crippen LogP contribution >= 0.6 is 0 Å². The third-order valence-corrected chi connectivity index (χ3v) is 5.88. The molecule has 32 heavy (non-hydrogen) atoms. The topological polar surface area (TPSA) is 116 Å². The number of nitrogens with one attached hydrogen (secondary N) is 3. The Bertz CT molecular complexity index is 938. The first kappa shape index (κ1) is 22.0. The molecule has 0 bridgehead atoms. The Morgan fingerprint density at radius 3 is 2.56 bits per heavy atom. The van der Waals surface area contributed by atoms with E-state index in [4.69, 9.17) is 0 Å². The van der Waals surface area contributed by atoms with Gasteiger partial charge in [-0.3, -0.25) is 4.79 Å². The Morgan fingerprint density at radius 2 is 1.88 bits per heavy atom. The molecule has 0 unspecified atom stereocenters. The van der Waals surface area contributed by atoms with Crippen LogP contribution in [0.25, 0.3) is 0 Å². The van der Waals surface area contributed by atoms with Crippen molar-refractivity contribution < 1.29 is 19.4 Å². The zero-order valence-electron chi connectivity index (χ0n) is 18.1. The third-order valence-electron chi connectivity index (χ3n) is 5.88. The van der Waals surface area contributed by atoms with Gasteiger partial charge in [-0.15, -0.1) is 0 Å². The molecule has 2 aromatic rings. The number of likely N-dealkylation sites (tertiary alicyclic amines) is 1. The van der Waals surface area contributed by atoms with E-state index >= 15 is 0 Å². The van der Waals surface area contributed by atoms with Gasteiger partial charge in [0, 0.05) is 44.0 Å². The van der Waals surface area contributed by atoms with Crippen LogP contribution in [0.3, 0.4) is 0 Å². The van der Waals surface area contributed by atoms with E-state index in [0.29, 0.717) is 37.1 Å². The number of aliphatic hydroxyl groups is 1. The van der Waals surface area contributed by atoms with E-state index in [1.807, 2.05) is 0 Å². The zero-order valence-corrected chi connectivity index (χ0v) is 18.1. The molecule has 9 nitrogen and oxygen atoms in total. The number of amides is 2. The summed E-state index contributed by atoms with van der Waals surface area (Å²) in [6, 6.07) is 12.1. The zero-order chi connectivity index (χ0) is 22.5. The summed E-state index contributed by atoms with van der Waals surface area (Å²) >= 11 is 0. The number of nitrogens with zero attached hydrogens (tertiary/aromatic N) is 2. The number of aromatic nitrogens is 1. The molecule has 4 rings (SSSR count). The number of hydrogen-bond acceptors (Lipinski definition) is 7. The number of ether oxygens (including phenoxy) is 1. The van der Waals surface area contributed by atoms with Gasteiger partial charge >= 0.3 is 6.09 Å². The highest BCUT2D eigenvalue weighted by molar-refractivity contribution is 5.94. The SMILES string of the molecule is COC(=O)N1CC(Nc2cc(C(=O)NC[C@@H](O)CNC3Cc4ccccc4C3)ccn2)C1. The van der Waals surface area contributed by atoms with Gasteiger partial charge in [-0.25, -0.2) is 9.78 Å². The summed E-state index contributed by atoms with van der Waals surface area (Å²) in [4.78, 5) is 29.7. The van der Waals surface area contributed by atoms with Crippen LogP contribution in [0.5, 0.6) is 0 Å². The predicted molar refractivity (Wildman–Crippen MR) is 120 cm³/mol. The Kier molecular flexibility index (Phi) is 6.87. The summed E-state index contributed by atoms with van der Waals surface area (Å²) < 4.78 is 4.68. The van der Waals surface area contributed by atoms with Gasteiger partial charge in [-0.1, -0.05) is 24.3 Å². The summed E-state index contributed by atoms with van der Waals surface area (Å²) in [5, 5.41) is 19.7. The molecule has 0 spiro atoms. The van der Waals surface area contributed by atoms with Crippen molar-refractivity contribution in [3.63, 3.8) is 0 Å². The molecule has 2 amide bonds. The molecular formula is C23H29N5O4. The van der Waals surface area contributed by atoms with Crippen molar-refractivity contribution in [2.24, 2.45) is 0 Å². The fraction of sp³-hybridized carbons (Fsp3) is 0.435. The minimum Gasteiger partial charge on any atom is -0.453 e. The van der Waals surface area contributed by atoms with Gasteiger partial charge in [0.15, 0.2) is 0 Å². The number of fused-ring (bicyclic) bond motifs is 1. The maximum atomic E-state index is 12.5. The highest BCUT2D eigenvalue weighted by Crippen LogP contribution is 2.21. The molecule has 1 aromatic heterocycles. The molecular weight excluding hydrogens is 410 g/mol. The van der Waals surface area contributed by atoms with Gasteiger partial charge in [-0.2, -0.15) is 0 Å². The molecule has 0 saturated carbocycles. The Hall–Kier alpha value is -3.17. The minimum absolute atomic E-state index is 0.0644. The predicted octanol–water partition coefficient (Wildman–Crippen LogP) is 0.792. The lowest BCUT2D eigenvalue weighted by atomic mass is 10.1. The van der Waals surface area contributed by atoms with E-state index in [9.17, 15) is 14.7 Å². The molecule has 4 N–H and O–H groups in total. The molecule has 9 heteroatoms. The molecule has 1 fully saturated rings. The van der Waals surface area contributed by atoms with Crippen LogP contribution < -0.4 is 16.0 Å². The molecule has 1 aliphatic carbocycles. The van der Waals surface area contributed by atoms with Crippen LogP contribution in [0.2, 0.25) is 0 Å². The van der Waals surface area contributed by atoms with Crippen LogP contribution in [-0.4, -0.2) is 78.5 Å². The fourth-order valence-corrected chi connectivity index (χ4v) is 4.10. The van der Waals surface area contributed by atoms with Gasteiger partial charge < -0.3 is 30.7 Å². The molecule has 1 aliphatic heterocycles. The summed E-state index contributed by atoms with van der Waals surface area (Å²) in [5.74, 6) is 0.294. The second-order valence-electron chi connectivity index (χ2n) is 8.29. The van der Waals surface area contributed by atoms with Crippen molar-refractivity contribution in [1.82, 2.24) is 20.5 Å². The van der Waals surface area contributed by atoms with Gasteiger partial charge in [0.2, 0.25) is 0 Å². The minimum atomic E-state index is -0.679. The number of carbonyl (C=O) groups is 2. The van der Waals surface area contributed by atoms with Crippen molar-refractivity contribution in [2.75, 3.05) is 38.6 Å². The lowest BCUT2D eigenvalue weighted by Crippen LogP contribution is -2.57. The van der Waals surface area contributed by atoms with Gasteiger partial charge in [0.25, 0.3) is 5.91 Å². The summed E-state index contributed by atoms with van der Waals surface area (Å²) in [7, 11) is 1.35. The van der Waals surface area contributed by atoms with E-state index in [1.165, 1.54) is 18.2 Å². The normalized spacial score (nSPS) is 16.8. The first-order valence-corrected chi connectivity index (χ1v) is 10.8. The quantitative estimate of drug-likeness (QED) is 0.481. The molecule has 2 heterocycles. The Balaban J connectivity index is 1.18. The van der Waals surface area contributed by atoms with E-state index < -0.39 is 6.10 Å². The summed E-state index contributed by atoms with van der Waals surface area (Å²) in [6.07, 6.45) is 2.45. The van der Waals surface area contributed by atoms with E-state index in [0.717, 1.165) is 12.8 Å². The first-order chi connectivity index (χ1) is 15.5. The fourth-order valence-electron chi connectivity index (χ4n) is 4.10. The van der Waals surface area contributed by atoms with Crippen molar-refractivity contribution in [1.29, 1.82) is 0 Å². The maximum Gasteiger partial charge on any atom is 0.409 e. The van der Waals surface area contributed by atoms with Gasteiger partial charge in [-0.05, 0) is 36.1 Å². The number of rotatable bonds is 8. The lowest BCUT2D eigenvalue weighted by Gasteiger charge is -2.38. The second kappa shape index (κ2) is 9.97. The molecule has 2 aliphatic rings. The largest absolute Gasteiger partial charge is 0.453 e. The van der Waals surface area contributed by atoms with Crippen LogP contribution in [0.4, 0.5) is 10.6 Å². The number of methoxy groups -OCH3 is 1. The standard InChI is InChI=1S/C23H29N5O4/c1-32-23(31)28-13-19(14-28)27-21-10-17(6-7-24-21)22(30)26-12-20(29)11-25-18-8-15-4-2-3-5-16(15)9-18/h2-7,10,18-20,25,29H,8-9,11-14H2,1H3,(H,24,27)(H,26,30)/t20-/m0/s1.